The highest BCUT2D eigenvalue weighted by Gasteiger charge is 2.54. The molecule has 3 aromatic carbocycles. The summed E-state index contributed by atoms with van der Waals surface area (Å²) >= 11 is 0. The topological polar surface area (TPSA) is 110 Å². The summed E-state index contributed by atoms with van der Waals surface area (Å²) in [7, 11) is 0. The van der Waals surface area contributed by atoms with E-state index in [0.29, 0.717) is 36.3 Å². The van der Waals surface area contributed by atoms with Crippen LogP contribution < -0.4 is 10.2 Å². The molecule has 5 rings (SSSR count). The Hall–Kier alpha value is -4.20. The maximum Gasteiger partial charge on any atom is 0.238 e. The van der Waals surface area contributed by atoms with E-state index in [-0.39, 0.29) is 18.4 Å². The number of nitrogens with one attached hydrogen (secondary N) is 1. The van der Waals surface area contributed by atoms with Crippen LogP contribution >= 0.6 is 0 Å². The Morgan fingerprint density at radius 3 is 2.23 bits per heavy atom. The molecule has 0 radical (unpaired) electrons. The standard InChI is InChI=1S/C36H40N2O5/c1-21(16-25-17-23(3)34(41)24(4)18-25)10-15-31(40)32-22(2)19-29-33(30(32)20-39)36(43)38(35(29)42)28-13-11-27(12-14-28)37-26-8-6-5-7-9-26/h5-9,11-14,16-18,29-31,33,37,39-41H,10,15,19-20H2,1-4H3/b21-16+/t29-,30+,31-,33-/m1/s1. The first-order valence-electron chi connectivity index (χ1n) is 14.8. The van der Waals surface area contributed by atoms with Crippen LogP contribution in [0.2, 0.25) is 0 Å². The molecule has 0 saturated carbocycles. The van der Waals surface area contributed by atoms with Crippen LogP contribution in [0.4, 0.5) is 17.1 Å². The minimum Gasteiger partial charge on any atom is -0.507 e. The molecule has 7 nitrogen and oxygen atoms in total. The van der Waals surface area contributed by atoms with E-state index in [2.05, 4.69) is 5.32 Å². The highest BCUT2D eigenvalue weighted by molar-refractivity contribution is 6.22. The van der Waals surface area contributed by atoms with Gasteiger partial charge in [-0.3, -0.25) is 14.5 Å². The minimum atomic E-state index is -0.843. The average molecular weight is 581 g/mol. The summed E-state index contributed by atoms with van der Waals surface area (Å²) in [5, 5.41) is 35.2. The summed E-state index contributed by atoms with van der Waals surface area (Å²) in [5.41, 5.74) is 7.50. The molecule has 0 bridgehead atoms. The number of phenolic OH excluding ortho intramolecular Hbond substituents is 1. The molecule has 43 heavy (non-hydrogen) atoms. The van der Waals surface area contributed by atoms with Gasteiger partial charge in [0, 0.05) is 17.3 Å². The number of hydrogen-bond donors (Lipinski definition) is 4. The summed E-state index contributed by atoms with van der Waals surface area (Å²) in [5.74, 6) is -2.19. The molecular formula is C36H40N2O5. The molecule has 1 aliphatic carbocycles. The second-order valence-electron chi connectivity index (χ2n) is 12.0. The van der Waals surface area contributed by atoms with E-state index in [4.69, 9.17) is 0 Å². The summed E-state index contributed by atoms with van der Waals surface area (Å²) in [6, 6.07) is 20.8. The van der Waals surface area contributed by atoms with Crippen LogP contribution in [-0.4, -0.2) is 39.8 Å². The number of phenols is 1. The van der Waals surface area contributed by atoms with Crippen molar-refractivity contribution < 1.29 is 24.9 Å². The van der Waals surface area contributed by atoms with Crippen molar-refractivity contribution in [3.05, 3.63) is 100 Å². The van der Waals surface area contributed by atoms with Crippen LogP contribution in [0.5, 0.6) is 5.75 Å². The lowest BCUT2D eigenvalue weighted by molar-refractivity contribution is -0.123. The smallest absolute Gasteiger partial charge is 0.238 e. The van der Waals surface area contributed by atoms with Crippen LogP contribution in [0, 0.1) is 31.6 Å². The van der Waals surface area contributed by atoms with Gasteiger partial charge in [-0.2, -0.15) is 0 Å². The minimum absolute atomic E-state index is 0.261. The maximum absolute atomic E-state index is 13.8. The predicted octanol–water partition coefficient (Wildman–Crippen LogP) is 6.43. The first kappa shape index (κ1) is 30.3. The molecule has 0 aromatic heterocycles. The zero-order valence-electron chi connectivity index (χ0n) is 25.2. The van der Waals surface area contributed by atoms with Crippen LogP contribution in [0.25, 0.3) is 6.08 Å². The number of fused-ring (bicyclic) bond motifs is 1. The van der Waals surface area contributed by atoms with Gasteiger partial charge in [-0.1, -0.05) is 35.4 Å². The third-order valence-corrected chi connectivity index (χ3v) is 8.81. The summed E-state index contributed by atoms with van der Waals surface area (Å²) in [6.45, 7) is 7.32. The quantitative estimate of drug-likeness (QED) is 0.172. The molecule has 2 aliphatic rings. The fourth-order valence-corrected chi connectivity index (χ4v) is 6.70. The fraction of sp³-hybridized carbons (Fsp3) is 0.333. The molecule has 3 aromatic rings. The molecule has 4 N–H and O–H groups in total. The Balaban J connectivity index is 1.30. The van der Waals surface area contributed by atoms with Gasteiger partial charge in [0.2, 0.25) is 11.8 Å². The highest BCUT2D eigenvalue weighted by Crippen LogP contribution is 2.47. The molecule has 224 valence electrons. The van der Waals surface area contributed by atoms with Crippen LogP contribution in [-0.2, 0) is 9.59 Å². The number of rotatable bonds is 9. The molecule has 1 saturated heterocycles. The van der Waals surface area contributed by atoms with Gasteiger partial charge in [0.25, 0.3) is 0 Å². The molecule has 0 unspecified atom stereocenters. The number of amides is 2. The number of para-hydroxylation sites is 1. The fourth-order valence-electron chi connectivity index (χ4n) is 6.70. The van der Waals surface area contributed by atoms with Crippen molar-refractivity contribution in [2.75, 3.05) is 16.8 Å². The van der Waals surface area contributed by atoms with Gasteiger partial charge in [0.05, 0.1) is 30.2 Å². The lowest BCUT2D eigenvalue weighted by Crippen LogP contribution is -2.38. The average Bonchev–Trinajstić information content (AvgIpc) is 3.23. The number of benzene rings is 3. The van der Waals surface area contributed by atoms with Gasteiger partial charge < -0.3 is 20.6 Å². The van der Waals surface area contributed by atoms with Gasteiger partial charge in [0.15, 0.2) is 0 Å². The van der Waals surface area contributed by atoms with Gasteiger partial charge in [-0.05, 0) is 118 Å². The number of carbonyl (C=O) groups excluding carboxylic acids is 2. The van der Waals surface area contributed by atoms with Crippen LogP contribution in [0.15, 0.2) is 83.4 Å². The molecule has 1 heterocycles. The van der Waals surface area contributed by atoms with E-state index in [1.54, 1.807) is 12.1 Å². The Morgan fingerprint density at radius 2 is 1.60 bits per heavy atom. The zero-order chi connectivity index (χ0) is 30.8. The monoisotopic (exact) mass is 580 g/mol. The van der Waals surface area contributed by atoms with Gasteiger partial charge in [0.1, 0.15) is 5.75 Å². The highest BCUT2D eigenvalue weighted by atomic mass is 16.3. The van der Waals surface area contributed by atoms with E-state index in [1.807, 2.05) is 88.4 Å². The lowest BCUT2D eigenvalue weighted by Gasteiger charge is -2.35. The predicted molar refractivity (Wildman–Crippen MR) is 170 cm³/mol. The third-order valence-electron chi connectivity index (χ3n) is 8.81. The van der Waals surface area contributed by atoms with Crippen LogP contribution in [0.1, 0.15) is 49.8 Å². The number of allylic oxidation sites excluding steroid dienone is 2. The van der Waals surface area contributed by atoms with Crippen molar-refractivity contribution in [1.29, 1.82) is 0 Å². The maximum atomic E-state index is 13.8. The number of aryl methyl sites for hydroxylation is 2. The second kappa shape index (κ2) is 12.6. The molecule has 2 amide bonds. The number of hydrogen-bond acceptors (Lipinski definition) is 6. The van der Waals surface area contributed by atoms with Crippen molar-refractivity contribution in [3.63, 3.8) is 0 Å². The molecule has 4 atom stereocenters. The summed E-state index contributed by atoms with van der Waals surface area (Å²) in [4.78, 5) is 28.6. The molecule has 0 spiro atoms. The van der Waals surface area contributed by atoms with E-state index < -0.39 is 23.9 Å². The zero-order valence-corrected chi connectivity index (χ0v) is 25.2. The second-order valence-corrected chi connectivity index (χ2v) is 12.0. The molecule has 1 fully saturated rings. The largest absolute Gasteiger partial charge is 0.507 e. The first-order chi connectivity index (χ1) is 20.6. The summed E-state index contributed by atoms with van der Waals surface area (Å²) in [6.07, 6.45) is 2.63. The third kappa shape index (κ3) is 6.14. The number of imide groups is 1. The van der Waals surface area contributed by atoms with Crippen LogP contribution in [0.3, 0.4) is 0 Å². The van der Waals surface area contributed by atoms with Crippen molar-refractivity contribution in [2.24, 2.45) is 17.8 Å². The Kier molecular flexibility index (Phi) is 8.85. The van der Waals surface area contributed by atoms with Crippen molar-refractivity contribution in [1.82, 2.24) is 0 Å². The SMILES string of the molecule is CC1=C([C@H](O)CC/C(C)=C/c2cc(C)c(O)c(C)c2)[C@H](CO)[C@@H]2C(=O)N(c3ccc(Nc4ccccc4)cc3)C(=O)[C@@H]2C1. The number of anilines is 3. The molecule has 1 aliphatic heterocycles. The number of nitrogens with zero attached hydrogens (tertiary/aromatic N) is 1. The van der Waals surface area contributed by atoms with Gasteiger partial charge in [-0.15, -0.1) is 0 Å². The Bertz CT molecular complexity index is 1550. The van der Waals surface area contributed by atoms with E-state index in [9.17, 15) is 24.9 Å². The summed E-state index contributed by atoms with van der Waals surface area (Å²) < 4.78 is 0. The lowest BCUT2D eigenvalue weighted by atomic mass is 9.68. The van der Waals surface area contributed by atoms with E-state index in [1.165, 1.54) is 4.90 Å². The normalized spacial score (nSPS) is 21.3. The van der Waals surface area contributed by atoms with Gasteiger partial charge >= 0.3 is 0 Å². The number of aliphatic hydroxyl groups is 2. The first-order valence-corrected chi connectivity index (χ1v) is 14.8. The Morgan fingerprint density at radius 1 is 0.977 bits per heavy atom. The van der Waals surface area contributed by atoms with E-state index >= 15 is 0 Å². The van der Waals surface area contributed by atoms with Gasteiger partial charge in [-0.25, -0.2) is 0 Å². The van der Waals surface area contributed by atoms with Crippen molar-refractivity contribution in [2.45, 2.75) is 53.1 Å². The van der Waals surface area contributed by atoms with E-state index in [0.717, 1.165) is 39.2 Å². The molecule has 7 heteroatoms. The number of carbonyl (C=O) groups is 2. The number of aliphatic hydroxyl groups excluding tert-OH is 2. The number of aromatic hydroxyl groups is 1. The Labute approximate surface area is 253 Å². The van der Waals surface area contributed by atoms with Crippen molar-refractivity contribution in [3.8, 4) is 5.75 Å². The molecular weight excluding hydrogens is 540 g/mol. The van der Waals surface area contributed by atoms with Crippen molar-refractivity contribution >= 4 is 35.0 Å².